The van der Waals surface area contributed by atoms with E-state index in [0.717, 1.165) is 0 Å². The smallest absolute Gasteiger partial charge is 0.357 e. The first-order chi connectivity index (χ1) is 14.9. The topological polar surface area (TPSA) is 99.9 Å². The zero-order chi connectivity index (χ0) is 22.5. The van der Waals surface area contributed by atoms with Gasteiger partial charge < -0.3 is 19.3 Å². The highest BCUT2D eigenvalue weighted by molar-refractivity contribution is 6.06. The summed E-state index contributed by atoms with van der Waals surface area (Å²) in [5.41, 5.74) is 1.75. The molecule has 0 radical (unpaired) electrons. The molecule has 8 heteroatoms. The molecule has 1 aromatic heterocycles. The van der Waals surface area contributed by atoms with E-state index in [-0.39, 0.29) is 29.7 Å². The predicted octanol–water partition coefficient (Wildman–Crippen LogP) is 3.39. The number of rotatable bonds is 7. The van der Waals surface area contributed by atoms with Crippen molar-refractivity contribution in [2.75, 3.05) is 14.2 Å². The van der Waals surface area contributed by atoms with Crippen molar-refractivity contribution in [2.24, 2.45) is 0 Å². The van der Waals surface area contributed by atoms with Gasteiger partial charge in [-0.05, 0) is 44.2 Å². The minimum atomic E-state index is -0.731. The Balaban J connectivity index is 2.28. The summed E-state index contributed by atoms with van der Waals surface area (Å²) in [6, 6.07) is 14.0. The second kappa shape index (κ2) is 9.44. The predicted molar refractivity (Wildman–Crippen MR) is 113 cm³/mol. The fourth-order valence-electron chi connectivity index (χ4n) is 3.18. The lowest BCUT2D eigenvalue weighted by molar-refractivity contribution is 0.0549. The summed E-state index contributed by atoms with van der Waals surface area (Å²) in [7, 11) is 2.46. The van der Waals surface area contributed by atoms with Gasteiger partial charge in [-0.2, -0.15) is 5.10 Å². The van der Waals surface area contributed by atoms with Gasteiger partial charge >= 0.3 is 11.9 Å². The quantitative estimate of drug-likeness (QED) is 0.580. The maximum absolute atomic E-state index is 12.7. The van der Waals surface area contributed by atoms with Gasteiger partial charge in [0.05, 0.1) is 32.6 Å². The number of carbonyl (C=O) groups excluding carboxylic acids is 2. The van der Waals surface area contributed by atoms with Crippen LogP contribution in [0.2, 0.25) is 0 Å². The van der Waals surface area contributed by atoms with Crippen LogP contribution in [-0.2, 0) is 16.1 Å². The van der Waals surface area contributed by atoms with Crippen molar-refractivity contribution in [3.63, 3.8) is 0 Å². The van der Waals surface area contributed by atoms with Crippen LogP contribution in [-0.4, -0.2) is 47.1 Å². The Kier molecular flexibility index (Phi) is 6.71. The average molecular weight is 424 g/mol. The van der Waals surface area contributed by atoms with Gasteiger partial charge in [-0.1, -0.05) is 18.2 Å². The number of nitrogens with zero attached hydrogens (tertiary/aromatic N) is 2. The van der Waals surface area contributed by atoms with E-state index >= 15 is 0 Å². The van der Waals surface area contributed by atoms with Crippen molar-refractivity contribution in [1.82, 2.24) is 9.78 Å². The van der Waals surface area contributed by atoms with Crippen LogP contribution in [0.25, 0.3) is 16.9 Å². The molecule has 1 N–H and O–H groups in total. The van der Waals surface area contributed by atoms with E-state index in [9.17, 15) is 14.7 Å². The zero-order valence-electron chi connectivity index (χ0n) is 17.8. The lowest BCUT2D eigenvalue weighted by Gasteiger charge is -2.14. The molecule has 0 spiro atoms. The Morgan fingerprint density at radius 1 is 1.03 bits per heavy atom. The van der Waals surface area contributed by atoms with Crippen LogP contribution in [0, 0.1) is 0 Å². The van der Waals surface area contributed by atoms with Gasteiger partial charge in [0, 0.05) is 11.1 Å². The second-order valence-electron chi connectivity index (χ2n) is 6.95. The number of para-hydroxylation sites is 1. The highest BCUT2D eigenvalue weighted by Crippen LogP contribution is 2.32. The molecule has 162 valence electrons. The molecule has 0 amide bonds. The summed E-state index contributed by atoms with van der Waals surface area (Å²) in [5.74, 6) is -0.938. The van der Waals surface area contributed by atoms with E-state index in [1.54, 1.807) is 42.5 Å². The first-order valence-electron chi connectivity index (χ1n) is 9.67. The SMILES string of the molecule is COC(=O)c1c(-c2ccc(OC(C)C)c(CO)c2)nn(-c2ccccc2)c1C(=O)OC. The van der Waals surface area contributed by atoms with E-state index < -0.39 is 11.9 Å². The van der Waals surface area contributed by atoms with Crippen LogP contribution in [0.1, 0.15) is 40.3 Å². The Bertz CT molecular complexity index is 1090. The number of hydrogen-bond acceptors (Lipinski definition) is 7. The normalized spacial score (nSPS) is 10.8. The molecule has 0 aliphatic carbocycles. The molecule has 0 atom stereocenters. The molecule has 3 rings (SSSR count). The first-order valence-corrected chi connectivity index (χ1v) is 9.67. The van der Waals surface area contributed by atoms with Crippen molar-refractivity contribution in [2.45, 2.75) is 26.6 Å². The summed E-state index contributed by atoms with van der Waals surface area (Å²) in [4.78, 5) is 25.3. The summed E-state index contributed by atoms with van der Waals surface area (Å²) < 4.78 is 16.9. The number of aromatic nitrogens is 2. The molecule has 31 heavy (non-hydrogen) atoms. The van der Waals surface area contributed by atoms with Crippen molar-refractivity contribution in [3.05, 3.63) is 65.4 Å². The number of carbonyl (C=O) groups is 2. The highest BCUT2D eigenvalue weighted by atomic mass is 16.5. The molecule has 8 nitrogen and oxygen atoms in total. The Morgan fingerprint density at radius 2 is 1.71 bits per heavy atom. The third kappa shape index (κ3) is 4.44. The zero-order valence-corrected chi connectivity index (χ0v) is 17.8. The third-order valence-electron chi connectivity index (χ3n) is 4.52. The molecule has 0 aliphatic heterocycles. The number of esters is 2. The van der Waals surface area contributed by atoms with Crippen LogP contribution >= 0.6 is 0 Å². The lowest BCUT2D eigenvalue weighted by atomic mass is 10.0. The molecule has 0 fully saturated rings. The van der Waals surface area contributed by atoms with Crippen LogP contribution in [0.4, 0.5) is 0 Å². The molecule has 1 heterocycles. The Hall–Kier alpha value is -3.65. The number of methoxy groups -OCH3 is 2. The second-order valence-corrected chi connectivity index (χ2v) is 6.95. The number of hydrogen-bond donors (Lipinski definition) is 1. The van der Waals surface area contributed by atoms with E-state index in [4.69, 9.17) is 14.2 Å². The van der Waals surface area contributed by atoms with E-state index in [0.29, 0.717) is 22.6 Å². The van der Waals surface area contributed by atoms with Gasteiger partial charge in [0.25, 0.3) is 0 Å². The minimum absolute atomic E-state index is 0.0281. The van der Waals surface area contributed by atoms with Crippen LogP contribution in [0.5, 0.6) is 5.75 Å². The Morgan fingerprint density at radius 3 is 2.29 bits per heavy atom. The minimum Gasteiger partial charge on any atom is -0.491 e. The summed E-state index contributed by atoms with van der Waals surface area (Å²) in [5, 5.41) is 14.4. The Labute approximate surface area is 180 Å². The van der Waals surface area contributed by atoms with E-state index in [1.165, 1.54) is 18.9 Å². The summed E-state index contributed by atoms with van der Waals surface area (Å²) in [6.07, 6.45) is -0.0787. The van der Waals surface area contributed by atoms with Gasteiger partial charge in [-0.15, -0.1) is 0 Å². The molecule has 0 saturated heterocycles. The van der Waals surface area contributed by atoms with Crippen molar-refractivity contribution < 1.29 is 28.9 Å². The molecular weight excluding hydrogens is 400 g/mol. The first kappa shape index (κ1) is 22.0. The van der Waals surface area contributed by atoms with Crippen LogP contribution < -0.4 is 4.74 Å². The van der Waals surface area contributed by atoms with Gasteiger partial charge in [0.2, 0.25) is 0 Å². The van der Waals surface area contributed by atoms with Gasteiger partial charge in [-0.3, -0.25) is 0 Å². The summed E-state index contributed by atoms with van der Waals surface area (Å²) >= 11 is 0. The van der Waals surface area contributed by atoms with Crippen molar-refractivity contribution in [1.29, 1.82) is 0 Å². The fraction of sp³-hybridized carbons (Fsp3) is 0.261. The highest BCUT2D eigenvalue weighted by Gasteiger charge is 2.31. The maximum atomic E-state index is 12.7. The van der Waals surface area contributed by atoms with Crippen molar-refractivity contribution in [3.8, 4) is 22.7 Å². The molecule has 2 aromatic carbocycles. The molecule has 3 aromatic rings. The lowest BCUT2D eigenvalue weighted by Crippen LogP contribution is -2.15. The molecule has 0 aliphatic rings. The van der Waals surface area contributed by atoms with Gasteiger partial charge in [0.1, 0.15) is 17.0 Å². The fourth-order valence-corrected chi connectivity index (χ4v) is 3.18. The van der Waals surface area contributed by atoms with Gasteiger partial charge in [-0.25, -0.2) is 14.3 Å². The summed E-state index contributed by atoms with van der Waals surface area (Å²) in [6.45, 7) is 3.50. The monoisotopic (exact) mass is 424 g/mol. The van der Waals surface area contributed by atoms with E-state index in [1.807, 2.05) is 19.9 Å². The largest absolute Gasteiger partial charge is 0.491 e. The molecule has 0 saturated carbocycles. The van der Waals surface area contributed by atoms with Gasteiger partial charge in [0.15, 0.2) is 5.69 Å². The number of aliphatic hydroxyl groups is 1. The number of aliphatic hydroxyl groups excluding tert-OH is 1. The third-order valence-corrected chi connectivity index (χ3v) is 4.52. The average Bonchev–Trinajstić information content (AvgIpc) is 3.19. The number of benzene rings is 2. The molecule has 0 unspecified atom stereocenters. The molecule has 0 bridgehead atoms. The van der Waals surface area contributed by atoms with Crippen LogP contribution in [0.15, 0.2) is 48.5 Å². The van der Waals surface area contributed by atoms with Crippen LogP contribution in [0.3, 0.4) is 0 Å². The standard InChI is InChI=1S/C23H24N2O6/c1-14(2)31-18-11-10-15(12-16(18)13-26)20-19(22(27)29-3)21(23(28)30-4)25(24-20)17-8-6-5-7-9-17/h5-12,14,26H,13H2,1-4H3. The molecular formula is C23H24N2O6. The van der Waals surface area contributed by atoms with Crippen molar-refractivity contribution >= 4 is 11.9 Å². The van der Waals surface area contributed by atoms with E-state index in [2.05, 4.69) is 5.10 Å². The number of ether oxygens (including phenoxy) is 3. The maximum Gasteiger partial charge on any atom is 0.357 e.